The van der Waals surface area contributed by atoms with E-state index >= 15 is 0 Å². The highest BCUT2D eigenvalue weighted by Gasteiger charge is 2.22. The summed E-state index contributed by atoms with van der Waals surface area (Å²) in [4.78, 5) is 0. The van der Waals surface area contributed by atoms with Crippen LogP contribution < -0.4 is 0 Å². The maximum absolute atomic E-state index is 8.85. The molecule has 0 heterocycles. The third kappa shape index (κ3) is 5.22. The molecular formula is C20H27NO. The molecule has 2 rings (SSSR count). The van der Waals surface area contributed by atoms with E-state index in [0.29, 0.717) is 12.0 Å². The van der Waals surface area contributed by atoms with Gasteiger partial charge in [-0.25, -0.2) is 0 Å². The van der Waals surface area contributed by atoms with Crippen LogP contribution in [0.1, 0.15) is 75.3 Å². The second-order valence-electron chi connectivity index (χ2n) is 6.21. The Bertz CT molecular complexity index is 489. The van der Waals surface area contributed by atoms with Crippen LogP contribution in [0.15, 0.2) is 36.6 Å². The maximum Gasteiger partial charge on any atom is 0.0991 e. The Kier molecular flexibility index (Phi) is 7.03. The molecule has 0 unspecified atom stereocenters. The Labute approximate surface area is 134 Å². The Hall–Kier alpha value is -1.75. The van der Waals surface area contributed by atoms with Crippen molar-refractivity contribution in [2.24, 2.45) is 0 Å². The van der Waals surface area contributed by atoms with Gasteiger partial charge in [0, 0.05) is 0 Å². The largest absolute Gasteiger partial charge is 0.498 e. The second kappa shape index (κ2) is 9.30. The summed E-state index contributed by atoms with van der Waals surface area (Å²) in [5.41, 5.74) is 2.11. The van der Waals surface area contributed by atoms with Gasteiger partial charge >= 0.3 is 0 Å². The van der Waals surface area contributed by atoms with Gasteiger partial charge in [0.05, 0.1) is 24.0 Å². The first-order valence-corrected chi connectivity index (χ1v) is 8.64. The number of hydrogen-bond donors (Lipinski definition) is 0. The van der Waals surface area contributed by atoms with Crippen molar-refractivity contribution in [3.05, 3.63) is 47.7 Å². The fourth-order valence-corrected chi connectivity index (χ4v) is 3.11. The second-order valence-corrected chi connectivity index (χ2v) is 6.21. The van der Waals surface area contributed by atoms with E-state index in [-0.39, 0.29) is 0 Å². The highest BCUT2D eigenvalue weighted by Crippen LogP contribution is 2.34. The Morgan fingerprint density at radius 2 is 1.86 bits per heavy atom. The van der Waals surface area contributed by atoms with Crippen LogP contribution >= 0.6 is 0 Å². The summed E-state index contributed by atoms with van der Waals surface area (Å²) in [5.74, 6) is 0.626. The predicted molar refractivity (Wildman–Crippen MR) is 90.5 cm³/mol. The zero-order valence-corrected chi connectivity index (χ0v) is 13.6. The molecule has 1 aliphatic carbocycles. The number of rotatable bonds is 7. The molecule has 1 aromatic rings. The molecule has 0 spiro atoms. The fraction of sp³-hybridized carbons (Fsp3) is 0.550. The highest BCUT2D eigenvalue weighted by atomic mass is 16.5. The fourth-order valence-electron chi connectivity index (χ4n) is 3.11. The van der Waals surface area contributed by atoms with Gasteiger partial charge in [0.1, 0.15) is 0 Å². The number of benzene rings is 1. The van der Waals surface area contributed by atoms with E-state index in [1.165, 1.54) is 37.7 Å². The first-order valence-electron chi connectivity index (χ1n) is 8.64. The highest BCUT2D eigenvalue weighted by molar-refractivity contribution is 5.33. The molecule has 2 nitrogen and oxygen atoms in total. The third-order valence-corrected chi connectivity index (χ3v) is 4.53. The number of ether oxygens (including phenoxy) is 1. The van der Waals surface area contributed by atoms with Crippen LogP contribution in [-0.2, 0) is 4.74 Å². The van der Waals surface area contributed by atoms with Crippen molar-refractivity contribution in [1.29, 1.82) is 5.26 Å². The molecule has 0 N–H and O–H groups in total. The van der Waals surface area contributed by atoms with Crippen LogP contribution in [-0.4, -0.2) is 6.10 Å². The SMILES string of the molecule is CCCCC/C=C/OC1CCC(c2ccc(C#N)cc2)CC1. The van der Waals surface area contributed by atoms with Crippen LogP contribution in [0.2, 0.25) is 0 Å². The zero-order valence-electron chi connectivity index (χ0n) is 13.6. The Balaban J connectivity index is 1.70. The van der Waals surface area contributed by atoms with Gasteiger partial charge in [-0.15, -0.1) is 0 Å². The molecule has 1 aromatic carbocycles. The van der Waals surface area contributed by atoms with E-state index in [0.717, 1.165) is 24.8 Å². The van der Waals surface area contributed by atoms with Crippen LogP contribution in [0.5, 0.6) is 0 Å². The van der Waals surface area contributed by atoms with Crippen molar-refractivity contribution in [2.75, 3.05) is 0 Å². The maximum atomic E-state index is 8.85. The van der Waals surface area contributed by atoms with Crippen molar-refractivity contribution in [3.63, 3.8) is 0 Å². The third-order valence-electron chi connectivity index (χ3n) is 4.53. The lowest BCUT2D eigenvalue weighted by molar-refractivity contribution is 0.0991. The summed E-state index contributed by atoms with van der Waals surface area (Å²) in [6.45, 7) is 2.23. The first kappa shape index (κ1) is 16.6. The lowest BCUT2D eigenvalue weighted by Gasteiger charge is -2.28. The van der Waals surface area contributed by atoms with E-state index < -0.39 is 0 Å². The molecule has 118 valence electrons. The summed E-state index contributed by atoms with van der Waals surface area (Å²) >= 11 is 0. The average molecular weight is 297 g/mol. The molecule has 1 aliphatic rings. The van der Waals surface area contributed by atoms with Crippen molar-refractivity contribution in [3.8, 4) is 6.07 Å². The Morgan fingerprint density at radius 1 is 1.14 bits per heavy atom. The average Bonchev–Trinajstić information content (AvgIpc) is 2.59. The summed E-state index contributed by atoms with van der Waals surface area (Å²) in [6, 6.07) is 10.3. The van der Waals surface area contributed by atoms with Gasteiger partial charge in [-0.05, 0) is 68.2 Å². The van der Waals surface area contributed by atoms with E-state index in [1.807, 2.05) is 18.4 Å². The lowest BCUT2D eigenvalue weighted by Crippen LogP contribution is -2.19. The van der Waals surface area contributed by atoms with Gasteiger partial charge in [0.25, 0.3) is 0 Å². The summed E-state index contributed by atoms with van der Waals surface area (Å²) in [7, 11) is 0. The smallest absolute Gasteiger partial charge is 0.0991 e. The summed E-state index contributed by atoms with van der Waals surface area (Å²) in [6.07, 6.45) is 14.1. The predicted octanol–water partition coefficient (Wildman–Crippen LogP) is 5.70. The first-order chi connectivity index (χ1) is 10.8. The van der Waals surface area contributed by atoms with Crippen molar-refractivity contribution >= 4 is 0 Å². The molecule has 22 heavy (non-hydrogen) atoms. The van der Waals surface area contributed by atoms with E-state index in [1.54, 1.807) is 0 Å². The molecule has 0 radical (unpaired) electrons. The minimum atomic E-state index is 0.386. The number of unbranched alkanes of at least 4 members (excludes halogenated alkanes) is 3. The van der Waals surface area contributed by atoms with Gasteiger partial charge in [-0.2, -0.15) is 5.26 Å². The monoisotopic (exact) mass is 297 g/mol. The van der Waals surface area contributed by atoms with Crippen molar-refractivity contribution in [2.45, 2.75) is 70.3 Å². The molecule has 0 atom stereocenters. The molecule has 0 bridgehead atoms. The van der Waals surface area contributed by atoms with Gasteiger partial charge in [-0.3, -0.25) is 0 Å². The van der Waals surface area contributed by atoms with Crippen LogP contribution in [0.3, 0.4) is 0 Å². The molecule has 0 aliphatic heterocycles. The molecular weight excluding hydrogens is 270 g/mol. The van der Waals surface area contributed by atoms with Crippen LogP contribution in [0.25, 0.3) is 0 Å². The van der Waals surface area contributed by atoms with Gasteiger partial charge < -0.3 is 4.74 Å². The molecule has 2 heteroatoms. The minimum Gasteiger partial charge on any atom is -0.498 e. The topological polar surface area (TPSA) is 33.0 Å². The quantitative estimate of drug-likeness (QED) is 0.478. The van der Waals surface area contributed by atoms with Crippen LogP contribution in [0, 0.1) is 11.3 Å². The number of nitriles is 1. The number of nitrogens with zero attached hydrogens (tertiary/aromatic N) is 1. The molecule has 0 amide bonds. The van der Waals surface area contributed by atoms with Gasteiger partial charge in [0.2, 0.25) is 0 Å². The standard InChI is InChI=1S/C20H27NO/c1-2-3-4-5-6-15-22-20-13-11-19(12-14-20)18-9-7-17(16-21)8-10-18/h6-10,15,19-20H,2-5,11-14H2,1H3/b15-6+. The normalized spacial score (nSPS) is 21.6. The van der Waals surface area contributed by atoms with Crippen molar-refractivity contribution < 1.29 is 4.74 Å². The molecule has 1 saturated carbocycles. The minimum absolute atomic E-state index is 0.386. The summed E-state index contributed by atoms with van der Waals surface area (Å²) in [5, 5.41) is 8.85. The zero-order chi connectivity index (χ0) is 15.6. The van der Waals surface area contributed by atoms with Gasteiger partial charge in [-0.1, -0.05) is 31.9 Å². The Morgan fingerprint density at radius 3 is 2.50 bits per heavy atom. The molecule has 1 fully saturated rings. The van der Waals surface area contributed by atoms with E-state index in [2.05, 4.69) is 31.2 Å². The lowest BCUT2D eigenvalue weighted by atomic mass is 9.82. The van der Waals surface area contributed by atoms with E-state index in [9.17, 15) is 0 Å². The van der Waals surface area contributed by atoms with Gasteiger partial charge in [0.15, 0.2) is 0 Å². The summed E-state index contributed by atoms with van der Waals surface area (Å²) < 4.78 is 5.86. The van der Waals surface area contributed by atoms with E-state index in [4.69, 9.17) is 10.00 Å². The number of hydrogen-bond acceptors (Lipinski definition) is 2. The molecule has 0 saturated heterocycles. The van der Waals surface area contributed by atoms with Crippen LogP contribution in [0.4, 0.5) is 0 Å². The van der Waals surface area contributed by atoms with Crippen molar-refractivity contribution in [1.82, 2.24) is 0 Å². The molecule has 0 aromatic heterocycles. The number of allylic oxidation sites excluding steroid dienone is 1.